The highest BCUT2D eigenvalue weighted by molar-refractivity contribution is 5.85. The monoisotopic (exact) mass is 263 g/mol. The predicted octanol–water partition coefficient (Wildman–Crippen LogP) is 1.04. The van der Waals surface area contributed by atoms with E-state index in [-0.39, 0.29) is 5.95 Å². The summed E-state index contributed by atoms with van der Waals surface area (Å²) in [6.07, 6.45) is 0. The van der Waals surface area contributed by atoms with E-state index in [0.29, 0.717) is 35.7 Å². The Morgan fingerprint density at radius 1 is 1.42 bits per heavy atom. The number of imidazole rings is 1. The van der Waals surface area contributed by atoms with Crippen LogP contribution in [0.3, 0.4) is 0 Å². The fourth-order valence-corrected chi connectivity index (χ4v) is 2.17. The maximum absolute atomic E-state index is 11.1. The first-order chi connectivity index (χ1) is 9.08. The molecule has 100 valence electrons. The van der Waals surface area contributed by atoms with Crippen LogP contribution >= 0.6 is 0 Å². The topological polar surface area (TPSA) is 99.6 Å². The molecule has 3 rings (SSSR count). The molecule has 7 heteroatoms. The number of ether oxygens (including phenoxy) is 2. The zero-order valence-corrected chi connectivity index (χ0v) is 10.3. The highest BCUT2D eigenvalue weighted by atomic mass is 16.6. The Morgan fingerprint density at radius 3 is 2.68 bits per heavy atom. The zero-order chi connectivity index (χ0) is 13.6. The first-order valence-electron chi connectivity index (χ1n) is 5.88. The largest absolute Gasteiger partial charge is 0.486 e. The third-order valence-corrected chi connectivity index (χ3v) is 3.13. The van der Waals surface area contributed by atoms with Crippen molar-refractivity contribution in [1.82, 2.24) is 9.55 Å². The van der Waals surface area contributed by atoms with Gasteiger partial charge in [-0.05, 0) is 6.92 Å². The van der Waals surface area contributed by atoms with Gasteiger partial charge < -0.3 is 20.3 Å². The molecule has 0 amide bonds. The number of rotatable bonds is 2. The number of carboxylic acid groups (broad SMARTS) is 1. The number of benzene rings is 1. The Morgan fingerprint density at radius 2 is 2.05 bits per heavy atom. The highest BCUT2D eigenvalue weighted by Crippen LogP contribution is 2.36. The molecule has 1 aromatic carbocycles. The molecule has 0 saturated carbocycles. The van der Waals surface area contributed by atoms with E-state index in [1.54, 1.807) is 19.1 Å². The Bertz CT molecular complexity index is 665. The van der Waals surface area contributed by atoms with Gasteiger partial charge >= 0.3 is 5.97 Å². The van der Waals surface area contributed by atoms with Gasteiger partial charge in [0.1, 0.15) is 19.3 Å². The number of nitrogens with zero attached hydrogens (tertiary/aromatic N) is 2. The molecule has 2 aromatic rings. The molecule has 19 heavy (non-hydrogen) atoms. The Hall–Kier alpha value is -2.44. The second kappa shape index (κ2) is 4.04. The van der Waals surface area contributed by atoms with Crippen LogP contribution in [0.4, 0.5) is 5.95 Å². The van der Waals surface area contributed by atoms with Crippen molar-refractivity contribution in [3.8, 4) is 11.5 Å². The standard InChI is InChI=1S/C12H13N3O4/c1-6(11(16)17)15-8-5-10-9(18-2-3-19-10)4-7(8)14-12(15)13/h4-6H,2-3H2,1H3,(H2,13,14)(H,16,17). The summed E-state index contributed by atoms with van der Waals surface area (Å²) < 4.78 is 12.4. The van der Waals surface area contributed by atoms with E-state index < -0.39 is 12.0 Å². The van der Waals surface area contributed by atoms with Crippen molar-refractivity contribution in [1.29, 1.82) is 0 Å². The Kier molecular flexibility index (Phi) is 2.48. The summed E-state index contributed by atoms with van der Waals surface area (Å²) in [6.45, 7) is 2.51. The number of carboxylic acids is 1. The number of anilines is 1. The van der Waals surface area contributed by atoms with Gasteiger partial charge in [-0.25, -0.2) is 9.78 Å². The average molecular weight is 263 g/mol. The van der Waals surface area contributed by atoms with E-state index in [2.05, 4.69) is 4.98 Å². The van der Waals surface area contributed by atoms with E-state index in [9.17, 15) is 4.79 Å². The molecule has 1 aliphatic heterocycles. The molecule has 0 radical (unpaired) electrons. The minimum absolute atomic E-state index is 0.159. The lowest BCUT2D eigenvalue weighted by Gasteiger charge is -2.18. The third-order valence-electron chi connectivity index (χ3n) is 3.13. The van der Waals surface area contributed by atoms with Gasteiger partial charge in [0.05, 0.1) is 11.0 Å². The molecule has 1 aliphatic rings. The summed E-state index contributed by atoms with van der Waals surface area (Å²) in [7, 11) is 0. The van der Waals surface area contributed by atoms with Gasteiger partial charge in [0, 0.05) is 12.1 Å². The SMILES string of the molecule is CC(C(=O)O)n1c(N)nc2cc3c(cc21)OCCO3. The van der Waals surface area contributed by atoms with Crippen molar-refractivity contribution in [2.45, 2.75) is 13.0 Å². The van der Waals surface area contributed by atoms with Crippen LogP contribution in [0.1, 0.15) is 13.0 Å². The molecule has 0 fully saturated rings. The maximum atomic E-state index is 11.1. The second-order valence-corrected chi connectivity index (χ2v) is 4.34. The van der Waals surface area contributed by atoms with Crippen molar-refractivity contribution < 1.29 is 19.4 Å². The molecule has 1 atom stereocenters. The number of hydrogen-bond donors (Lipinski definition) is 2. The number of aromatic nitrogens is 2. The lowest BCUT2D eigenvalue weighted by molar-refractivity contribution is -0.140. The molecule has 0 saturated heterocycles. The van der Waals surface area contributed by atoms with Crippen LogP contribution < -0.4 is 15.2 Å². The quantitative estimate of drug-likeness (QED) is 0.839. The zero-order valence-electron chi connectivity index (χ0n) is 10.3. The number of aliphatic carboxylic acids is 1. The van der Waals surface area contributed by atoms with Crippen molar-refractivity contribution in [3.05, 3.63) is 12.1 Å². The van der Waals surface area contributed by atoms with Crippen LogP contribution in [0, 0.1) is 0 Å². The molecule has 2 heterocycles. The van der Waals surface area contributed by atoms with Crippen LogP contribution in [-0.4, -0.2) is 33.8 Å². The molecule has 1 aromatic heterocycles. The lowest BCUT2D eigenvalue weighted by atomic mass is 10.2. The van der Waals surface area contributed by atoms with Crippen LogP contribution in [-0.2, 0) is 4.79 Å². The molecule has 3 N–H and O–H groups in total. The van der Waals surface area contributed by atoms with E-state index in [1.165, 1.54) is 4.57 Å². The van der Waals surface area contributed by atoms with Gasteiger partial charge in [-0.3, -0.25) is 4.57 Å². The summed E-state index contributed by atoms with van der Waals surface area (Å²) in [5.41, 5.74) is 7.01. The summed E-state index contributed by atoms with van der Waals surface area (Å²) in [6, 6.07) is 2.63. The molecular formula is C12H13N3O4. The lowest BCUT2D eigenvalue weighted by Crippen LogP contribution is -2.18. The van der Waals surface area contributed by atoms with E-state index >= 15 is 0 Å². The fourth-order valence-electron chi connectivity index (χ4n) is 2.17. The minimum Gasteiger partial charge on any atom is -0.486 e. The van der Waals surface area contributed by atoms with Crippen LogP contribution in [0.15, 0.2) is 12.1 Å². The molecule has 0 aliphatic carbocycles. The predicted molar refractivity (Wildman–Crippen MR) is 67.5 cm³/mol. The van der Waals surface area contributed by atoms with Crippen molar-refractivity contribution in [3.63, 3.8) is 0 Å². The Balaban J connectivity index is 2.22. The van der Waals surface area contributed by atoms with E-state index in [0.717, 1.165) is 0 Å². The smallest absolute Gasteiger partial charge is 0.326 e. The summed E-state index contributed by atoms with van der Waals surface area (Å²) in [5.74, 6) is 0.372. The maximum Gasteiger partial charge on any atom is 0.326 e. The first-order valence-corrected chi connectivity index (χ1v) is 5.88. The average Bonchev–Trinajstić information content (AvgIpc) is 2.70. The van der Waals surface area contributed by atoms with E-state index in [1.807, 2.05) is 0 Å². The minimum atomic E-state index is -0.971. The van der Waals surface area contributed by atoms with Crippen molar-refractivity contribution >= 4 is 23.0 Å². The normalized spacial score (nSPS) is 15.4. The summed E-state index contributed by atoms with van der Waals surface area (Å²) in [5, 5.41) is 9.12. The van der Waals surface area contributed by atoms with Gasteiger partial charge in [-0.15, -0.1) is 0 Å². The van der Waals surface area contributed by atoms with Crippen LogP contribution in [0.25, 0.3) is 11.0 Å². The first kappa shape index (κ1) is 11.6. The fraction of sp³-hybridized carbons (Fsp3) is 0.333. The number of nitrogens with two attached hydrogens (primary N) is 1. The van der Waals surface area contributed by atoms with Gasteiger partial charge in [0.2, 0.25) is 5.95 Å². The summed E-state index contributed by atoms with van der Waals surface area (Å²) >= 11 is 0. The third kappa shape index (κ3) is 1.74. The van der Waals surface area contributed by atoms with Gasteiger partial charge in [-0.2, -0.15) is 0 Å². The molecule has 1 unspecified atom stereocenters. The van der Waals surface area contributed by atoms with E-state index in [4.69, 9.17) is 20.3 Å². The van der Waals surface area contributed by atoms with Crippen LogP contribution in [0.5, 0.6) is 11.5 Å². The van der Waals surface area contributed by atoms with Crippen molar-refractivity contribution in [2.24, 2.45) is 0 Å². The molecular weight excluding hydrogens is 250 g/mol. The second-order valence-electron chi connectivity index (χ2n) is 4.34. The number of nitrogen functional groups attached to an aromatic ring is 1. The highest BCUT2D eigenvalue weighted by Gasteiger charge is 2.22. The number of fused-ring (bicyclic) bond motifs is 2. The Labute approximate surface area is 108 Å². The van der Waals surface area contributed by atoms with Gasteiger partial charge in [0.15, 0.2) is 11.5 Å². The molecule has 0 bridgehead atoms. The van der Waals surface area contributed by atoms with Gasteiger partial charge in [-0.1, -0.05) is 0 Å². The van der Waals surface area contributed by atoms with Crippen molar-refractivity contribution in [2.75, 3.05) is 18.9 Å². The number of carbonyl (C=O) groups is 1. The van der Waals surface area contributed by atoms with Gasteiger partial charge in [0.25, 0.3) is 0 Å². The number of hydrogen-bond acceptors (Lipinski definition) is 5. The molecule has 7 nitrogen and oxygen atoms in total. The summed E-state index contributed by atoms with van der Waals surface area (Å²) in [4.78, 5) is 15.3. The molecule has 0 spiro atoms. The van der Waals surface area contributed by atoms with Crippen LogP contribution in [0.2, 0.25) is 0 Å².